The molecule has 2 heterocycles. The first-order valence-electron chi connectivity index (χ1n) is 9.51. The minimum absolute atomic E-state index is 0.126. The zero-order chi connectivity index (χ0) is 18.3. The van der Waals surface area contributed by atoms with Crippen molar-refractivity contribution in [1.82, 2.24) is 4.90 Å². The Bertz CT molecular complexity index is 835. The molecular weight excluding hydrogens is 344 g/mol. The molecule has 0 aromatic heterocycles. The van der Waals surface area contributed by atoms with E-state index in [0.717, 1.165) is 37.4 Å². The standard InChI is InChI=1S/C22H25ClN2O/c1-3-11-24(15(2)26)21-14-20(17-7-4-8-18(23)13-17)25-12-10-16-6-5-9-19(21)22(16)25/h4-9,13,20-21H,3,10-12,14H2,1-2H3. The van der Waals surface area contributed by atoms with Crippen molar-refractivity contribution in [1.29, 1.82) is 0 Å². The Morgan fingerprint density at radius 2 is 2.08 bits per heavy atom. The topological polar surface area (TPSA) is 23.6 Å². The zero-order valence-electron chi connectivity index (χ0n) is 15.4. The lowest BCUT2D eigenvalue weighted by Crippen LogP contribution is -2.41. The molecule has 2 aromatic rings. The van der Waals surface area contributed by atoms with E-state index in [-0.39, 0.29) is 18.0 Å². The van der Waals surface area contributed by atoms with Crippen molar-refractivity contribution in [2.75, 3.05) is 18.0 Å². The highest BCUT2D eigenvalue weighted by atomic mass is 35.5. The van der Waals surface area contributed by atoms with Gasteiger partial charge >= 0.3 is 0 Å². The van der Waals surface area contributed by atoms with Crippen molar-refractivity contribution in [3.05, 3.63) is 64.2 Å². The average molecular weight is 369 g/mol. The van der Waals surface area contributed by atoms with Gasteiger partial charge in [0.2, 0.25) is 5.91 Å². The van der Waals surface area contributed by atoms with E-state index in [0.29, 0.717) is 0 Å². The molecule has 2 aliphatic rings. The molecule has 0 saturated carbocycles. The maximum absolute atomic E-state index is 12.4. The van der Waals surface area contributed by atoms with Crippen molar-refractivity contribution in [3.63, 3.8) is 0 Å². The van der Waals surface area contributed by atoms with Crippen LogP contribution < -0.4 is 4.90 Å². The van der Waals surface area contributed by atoms with Crippen molar-refractivity contribution >= 4 is 23.2 Å². The van der Waals surface area contributed by atoms with Crippen LogP contribution in [0, 0.1) is 0 Å². The van der Waals surface area contributed by atoms with E-state index in [1.54, 1.807) is 6.92 Å². The van der Waals surface area contributed by atoms with Gasteiger partial charge < -0.3 is 9.80 Å². The molecule has 0 saturated heterocycles. The van der Waals surface area contributed by atoms with Crippen molar-refractivity contribution in [2.24, 2.45) is 0 Å². The van der Waals surface area contributed by atoms with Crippen molar-refractivity contribution < 1.29 is 4.79 Å². The first-order valence-corrected chi connectivity index (χ1v) is 9.89. The number of carbonyl (C=O) groups excluding carboxylic acids is 1. The van der Waals surface area contributed by atoms with Crippen LogP contribution in [0.15, 0.2) is 42.5 Å². The highest BCUT2D eigenvalue weighted by molar-refractivity contribution is 6.30. The summed E-state index contributed by atoms with van der Waals surface area (Å²) in [5, 5.41) is 0.773. The SMILES string of the molecule is CCCN(C(C)=O)C1CC(c2cccc(Cl)c2)N2CCc3cccc1c32. The lowest BCUT2D eigenvalue weighted by molar-refractivity contribution is -0.131. The molecule has 1 amide bonds. The Hall–Kier alpha value is -2.00. The number of para-hydroxylation sites is 1. The highest BCUT2D eigenvalue weighted by Gasteiger charge is 2.40. The number of halogens is 1. The predicted octanol–water partition coefficient (Wildman–Crippen LogP) is 5.15. The molecular formula is C22H25ClN2O. The number of hydrogen-bond donors (Lipinski definition) is 0. The van der Waals surface area contributed by atoms with Gasteiger partial charge in [-0.2, -0.15) is 0 Å². The summed E-state index contributed by atoms with van der Waals surface area (Å²) in [5.74, 6) is 0.158. The maximum Gasteiger partial charge on any atom is 0.219 e. The fourth-order valence-corrected chi connectivity index (χ4v) is 4.86. The van der Waals surface area contributed by atoms with Crippen LogP contribution in [0.3, 0.4) is 0 Å². The molecule has 0 spiro atoms. The van der Waals surface area contributed by atoms with Gasteiger partial charge in [-0.1, -0.05) is 48.9 Å². The molecule has 3 nitrogen and oxygen atoms in total. The van der Waals surface area contributed by atoms with Crippen LogP contribution in [0.1, 0.15) is 55.5 Å². The third-order valence-electron chi connectivity index (χ3n) is 5.72. The van der Waals surface area contributed by atoms with E-state index in [1.807, 2.05) is 12.1 Å². The molecule has 0 fully saturated rings. The molecule has 2 unspecified atom stereocenters. The lowest BCUT2D eigenvalue weighted by Gasteiger charge is -2.44. The van der Waals surface area contributed by atoms with Gasteiger partial charge in [0.15, 0.2) is 0 Å². The summed E-state index contributed by atoms with van der Waals surface area (Å²) < 4.78 is 0. The third-order valence-corrected chi connectivity index (χ3v) is 5.96. The second-order valence-electron chi connectivity index (χ2n) is 7.33. The molecule has 0 N–H and O–H groups in total. The molecule has 4 heteroatoms. The summed E-state index contributed by atoms with van der Waals surface area (Å²) in [6.07, 6.45) is 2.95. The number of rotatable bonds is 4. The quantitative estimate of drug-likeness (QED) is 0.745. The number of amides is 1. The summed E-state index contributed by atoms with van der Waals surface area (Å²) in [4.78, 5) is 17.0. The van der Waals surface area contributed by atoms with E-state index >= 15 is 0 Å². The van der Waals surface area contributed by atoms with E-state index in [4.69, 9.17) is 11.6 Å². The molecule has 0 aliphatic carbocycles. The Morgan fingerprint density at radius 1 is 1.27 bits per heavy atom. The normalized spacial score (nSPS) is 20.8. The Labute approximate surface area is 160 Å². The lowest BCUT2D eigenvalue weighted by atomic mass is 9.86. The maximum atomic E-state index is 12.4. The molecule has 136 valence electrons. The van der Waals surface area contributed by atoms with Gasteiger partial charge in [-0.15, -0.1) is 0 Å². The average Bonchev–Trinajstić information content (AvgIpc) is 3.06. The van der Waals surface area contributed by atoms with Gasteiger partial charge in [0.1, 0.15) is 0 Å². The number of carbonyl (C=O) groups is 1. The van der Waals surface area contributed by atoms with E-state index < -0.39 is 0 Å². The van der Waals surface area contributed by atoms with Crippen LogP contribution in [0.25, 0.3) is 0 Å². The molecule has 26 heavy (non-hydrogen) atoms. The van der Waals surface area contributed by atoms with Gasteiger partial charge in [-0.3, -0.25) is 4.79 Å². The highest BCUT2D eigenvalue weighted by Crippen LogP contribution is 2.50. The number of anilines is 1. The minimum Gasteiger partial charge on any atom is -0.364 e. The number of nitrogens with zero attached hydrogens (tertiary/aromatic N) is 2. The molecule has 0 radical (unpaired) electrons. The summed E-state index contributed by atoms with van der Waals surface area (Å²) in [5.41, 5.74) is 5.29. The first kappa shape index (κ1) is 17.4. The van der Waals surface area contributed by atoms with Crippen molar-refractivity contribution in [3.8, 4) is 0 Å². The summed E-state index contributed by atoms with van der Waals surface area (Å²) in [7, 11) is 0. The Balaban J connectivity index is 1.82. The van der Waals surface area contributed by atoms with E-state index in [1.165, 1.54) is 22.4 Å². The Morgan fingerprint density at radius 3 is 2.81 bits per heavy atom. The second kappa shape index (κ2) is 6.96. The van der Waals surface area contributed by atoms with E-state index in [9.17, 15) is 4.79 Å². The molecule has 2 atom stereocenters. The first-order chi connectivity index (χ1) is 12.6. The largest absolute Gasteiger partial charge is 0.364 e. The van der Waals surface area contributed by atoms with E-state index in [2.05, 4.69) is 47.1 Å². The van der Waals surface area contributed by atoms with Gasteiger partial charge in [0, 0.05) is 30.7 Å². The molecule has 2 aromatic carbocycles. The Kier molecular flexibility index (Phi) is 4.66. The second-order valence-corrected chi connectivity index (χ2v) is 7.77. The fraction of sp³-hybridized carbons (Fsp3) is 0.409. The zero-order valence-corrected chi connectivity index (χ0v) is 16.2. The molecule has 0 bridgehead atoms. The number of benzene rings is 2. The van der Waals surface area contributed by atoms with Crippen LogP contribution in [0.5, 0.6) is 0 Å². The van der Waals surface area contributed by atoms with Gasteiger partial charge in [0.25, 0.3) is 0 Å². The summed E-state index contributed by atoms with van der Waals surface area (Å²) in [6, 6.07) is 15.2. The predicted molar refractivity (Wildman–Crippen MR) is 107 cm³/mol. The van der Waals surface area contributed by atoms with Crippen LogP contribution in [0.4, 0.5) is 5.69 Å². The molecule has 2 aliphatic heterocycles. The van der Waals surface area contributed by atoms with Crippen LogP contribution >= 0.6 is 11.6 Å². The van der Waals surface area contributed by atoms with Crippen LogP contribution in [-0.2, 0) is 11.2 Å². The number of hydrogen-bond acceptors (Lipinski definition) is 2. The van der Waals surface area contributed by atoms with Gasteiger partial charge in [-0.25, -0.2) is 0 Å². The third kappa shape index (κ3) is 2.88. The van der Waals surface area contributed by atoms with Crippen LogP contribution in [-0.4, -0.2) is 23.9 Å². The minimum atomic E-state index is 0.126. The van der Waals surface area contributed by atoms with Crippen LogP contribution in [0.2, 0.25) is 5.02 Å². The summed E-state index contributed by atoms with van der Waals surface area (Å²) >= 11 is 6.28. The smallest absolute Gasteiger partial charge is 0.219 e. The van der Waals surface area contributed by atoms with Gasteiger partial charge in [-0.05, 0) is 48.1 Å². The van der Waals surface area contributed by atoms with Gasteiger partial charge in [0.05, 0.1) is 12.1 Å². The van der Waals surface area contributed by atoms with Crippen molar-refractivity contribution in [2.45, 2.75) is 45.2 Å². The monoisotopic (exact) mass is 368 g/mol. The molecule has 4 rings (SSSR count). The fourth-order valence-electron chi connectivity index (χ4n) is 4.66. The summed E-state index contributed by atoms with van der Waals surface area (Å²) in [6.45, 7) is 5.66.